The molecule has 0 unspecified atom stereocenters. The van der Waals surface area contributed by atoms with Crippen LogP contribution in [0.15, 0.2) is 23.8 Å². The summed E-state index contributed by atoms with van der Waals surface area (Å²) in [7, 11) is 0. The number of carboxylic acid groups (broad SMARTS) is 1. The Bertz CT molecular complexity index is 303. The van der Waals surface area contributed by atoms with Gasteiger partial charge in [0.1, 0.15) is 0 Å². The third-order valence-electron chi connectivity index (χ3n) is 3.67. The monoisotopic (exact) mass is 294 g/mol. The quantitative estimate of drug-likeness (QED) is 0.302. The van der Waals surface area contributed by atoms with E-state index in [9.17, 15) is 4.79 Å². The second-order valence-corrected chi connectivity index (χ2v) is 5.90. The fraction of sp³-hybridized carbons (Fsp3) is 0.737. The SMILES string of the molecule is CCCCC/C=C/C(C)=C/CCCCCCCCC(=O)O. The first-order valence-corrected chi connectivity index (χ1v) is 8.72. The second kappa shape index (κ2) is 15.3. The van der Waals surface area contributed by atoms with Crippen LogP contribution in [-0.2, 0) is 4.79 Å². The maximum absolute atomic E-state index is 10.4. The molecule has 1 N–H and O–H groups in total. The Kier molecular flexibility index (Phi) is 14.6. The summed E-state index contributed by atoms with van der Waals surface area (Å²) in [6.45, 7) is 4.42. The topological polar surface area (TPSA) is 37.3 Å². The molecule has 122 valence electrons. The minimum Gasteiger partial charge on any atom is -0.481 e. The van der Waals surface area contributed by atoms with Crippen molar-refractivity contribution in [3.8, 4) is 0 Å². The Morgan fingerprint density at radius 1 is 0.905 bits per heavy atom. The summed E-state index contributed by atoms with van der Waals surface area (Å²) in [6.07, 6.45) is 20.3. The van der Waals surface area contributed by atoms with Gasteiger partial charge in [-0.15, -0.1) is 0 Å². The summed E-state index contributed by atoms with van der Waals surface area (Å²) in [5.41, 5.74) is 1.38. The fourth-order valence-electron chi connectivity index (χ4n) is 2.31. The lowest BCUT2D eigenvalue weighted by atomic mass is 10.1. The molecule has 0 aromatic rings. The highest BCUT2D eigenvalue weighted by Gasteiger charge is 1.96. The zero-order valence-corrected chi connectivity index (χ0v) is 14.1. The van der Waals surface area contributed by atoms with Gasteiger partial charge in [-0.05, 0) is 39.0 Å². The van der Waals surface area contributed by atoms with E-state index in [0.717, 1.165) is 12.8 Å². The van der Waals surface area contributed by atoms with Gasteiger partial charge < -0.3 is 5.11 Å². The molecule has 0 heterocycles. The first-order valence-electron chi connectivity index (χ1n) is 8.72. The lowest BCUT2D eigenvalue weighted by Crippen LogP contribution is -1.93. The Morgan fingerprint density at radius 3 is 2.19 bits per heavy atom. The van der Waals surface area contributed by atoms with E-state index >= 15 is 0 Å². The van der Waals surface area contributed by atoms with Crippen LogP contribution < -0.4 is 0 Å². The van der Waals surface area contributed by atoms with Crippen molar-refractivity contribution < 1.29 is 9.90 Å². The van der Waals surface area contributed by atoms with Crippen molar-refractivity contribution in [1.82, 2.24) is 0 Å². The van der Waals surface area contributed by atoms with E-state index in [2.05, 4.69) is 32.1 Å². The summed E-state index contributed by atoms with van der Waals surface area (Å²) in [5, 5.41) is 8.53. The van der Waals surface area contributed by atoms with Crippen molar-refractivity contribution in [1.29, 1.82) is 0 Å². The minimum absolute atomic E-state index is 0.326. The third kappa shape index (κ3) is 16.9. The Morgan fingerprint density at radius 2 is 1.52 bits per heavy atom. The summed E-state index contributed by atoms with van der Waals surface area (Å²) in [4.78, 5) is 10.4. The predicted molar refractivity (Wildman–Crippen MR) is 91.6 cm³/mol. The fourth-order valence-corrected chi connectivity index (χ4v) is 2.31. The largest absolute Gasteiger partial charge is 0.481 e. The van der Waals surface area contributed by atoms with Gasteiger partial charge in [-0.3, -0.25) is 4.79 Å². The van der Waals surface area contributed by atoms with E-state index < -0.39 is 5.97 Å². The van der Waals surface area contributed by atoms with E-state index in [-0.39, 0.29) is 0 Å². The summed E-state index contributed by atoms with van der Waals surface area (Å²) in [6, 6.07) is 0. The van der Waals surface area contributed by atoms with Gasteiger partial charge in [0.15, 0.2) is 0 Å². The highest BCUT2D eigenvalue weighted by molar-refractivity contribution is 5.66. The van der Waals surface area contributed by atoms with Gasteiger partial charge >= 0.3 is 5.97 Å². The van der Waals surface area contributed by atoms with Crippen LogP contribution >= 0.6 is 0 Å². The molecule has 0 aromatic carbocycles. The molecule has 0 fully saturated rings. The number of carboxylic acids is 1. The van der Waals surface area contributed by atoms with Crippen LogP contribution in [0.1, 0.15) is 90.9 Å². The van der Waals surface area contributed by atoms with Gasteiger partial charge in [0.2, 0.25) is 0 Å². The van der Waals surface area contributed by atoms with E-state index in [1.165, 1.54) is 63.4 Å². The standard InChI is InChI=1S/C19H34O2/c1-3-4-5-9-12-15-18(2)16-13-10-7-6-8-11-14-17-19(20)21/h12,15-16H,3-11,13-14,17H2,1-2H3,(H,20,21)/b15-12+,18-16+. The van der Waals surface area contributed by atoms with Crippen molar-refractivity contribution in [3.05, 3.63) is 23.8 Å². The highest BCUT2D eigenvalue weighted by atomic mass is 16.4. The first kappa shape index (κ1) is 19.9. The summed E-state index contributed by atoms with van der Waals surface area (Å²) < 4.78 is 0. The molecule has 2 heteroatoms. The minimum atomic E-state index is -0.668. The molecule has 0 saturated heterocycles. The lowest BCUT2D eigenvalue weighted by molar-refractivity contribution is -0.137. The molecule has 0 rings (SSSR count). The molecule has 21 heavy (non-hydrogen) atoms. The molecule has 0 aliphatic heterocycles. The zero-order valence-electron chi connectivity index (χ0n) is 14.1. The van der Waals surface area contributed by atoms with Crippen molar-refractivity contribution in [2.24, 2.45) is 0 Å². The number of hydrogen-bond acceptors (Lipinski definition) is 1. The molecule has 0 spiro atoms. The molecule has 0 saturated carbocycles. The number of carbonyl (C=O) groups is 1. The highest BCUT2D eigenvalue weighted by Crippen LogP contribution is 2.10. The smallest absolute Gasteiger partial charge is 0.303 e. The molecule has 0 atom stereocenters. The number of allylic oxidation sites excluding steroid dienone is 4. The summed E-state index contributed by atoms with van der Waals surface area (Å²) in [5.74, 6) is -0.668. The van der Waals surface area contributed by atoms with Crippen molar-refractivity contribution in [2.75, 3.05) is 0 Å². The number of aliphatic carboxylic acids is 1. The number of rotatable bonds is 14. The number of unbranched alkanes of at least 4 members (excludes halogenated alkanes) is 9. The van der Waals surface area contributed by atoms with Crippen molar-refractivity contribution in [2.45, 2.75) is 90.9 Å². The normalized spacial score (nSPS) is 12.2. The van der Waals surface area contributed by atoms with Gasteiger partial charge in [0, 0.05) is 6.42 Å². The molecule has 2 nitrogen and oxygen atoms in total. The maximum Gasteiger partial charge on any atom is 0.303 e. The van der Waals surface area contributed by atoms with Crippen molar-refractivity contribution >= 4 is 5.97 Å². The second-order valence-electron chi connectivity index (χ2n) is 5.90. The van der Waals surface area contributed by atoms with E-state index in [1.54, 1.807) is 0 Å². The molecule has 0 aliphatic carbocycles. The van der Waals surface area contributed by atoms with Gasteiger partial charge in [0.25, 0.3) is 0 Å². The lowest BCUT2D eigenvalue weighted by Gasteiger charge is -2.00. The van der Waals surface area contributed by atoms with Crippen molar-refractivity contribution in [3.63, 3.8) is 0 Å². The Balaban J connectivity index is 3.39. The van der Waals surface area contributed by atoms with E-state index in [1.807, 2.05) is 0 Å². The molecule has 0 aromatic heterocycles. The molecular formula is C19H34O2. The van der Waals surface area contributed by atoms with Crippen LogP contribution in [-0.4, -0.2) is 11.1 Å². The van der Waals surface area contributed by atoms with Gasteiger partial charge in [0.05, 0.1) is 0 Å². The van der Waals surface area contributed by atoms with Crippen LogP contribution in [0.2, 0.25) is 0 Å². The average Bonchev–Trinajstić information content (AvgIpc) is 2.45. The van der Waals surface area contributed by atoms with Gasteiger partial charge in [-0.1, -0.05) is 69.2 Å². The van der Waals surface area contributed by atoms with E-state index in [0.29, 0.717) is 6.42 Å². The summed E-state index contributed by atoms with van der Waals surface area (Å²) >= 11 is 0. The Labute approximate surface area is 131 Å². The molecular weight excluding hydrogens is 260 g/mol. The Hall–Kier alpha value is -1.05. The van der Waals surface area contributed by atoms with Crippen LogP contribution in [0.5, 0.6) is 0 Å². The molecule has 0 amide bonds. The van der Waals surface area contributed by atoms with Crippen LogP contribution in [0.25, 0.3) is 0 Å². The van der Waals surface area contributed by atoms with Gasteiger partial charge in [-0.2, -0.15) is 0 Å². The third-order valence-corrected chi connectivity index (χ3v) is 3.67. The van der Waals surface area contributed by atoms with Crippen LogP contribution in [0.3, 0.4) is 0 Å². The van der Waals surface area contributed by atoms with E-state index in [4.69, 9.17) is 5.11 Å². The maximum atomic E-state index is 10.4. The average molecular weight is 294 g/mol. The van der Waals surface area contributed by atoms with Gasteiger partial charge in [-0.25, -0.2) is 0 Å². The van der Waals surface area contributed by atoms with Crippen LogP contribution in [0.4, 0.5) is 0 Å². The molecule has 0 radical (unpaired) electrons. The molecule has 0 aliphatic rings. The molecule has 0 bridgehead atoms. The number of hydrogen-bond donors (Lipinski definition) is 1. The zero-order chi connectivity index (χ0) is 15.8. The van der Waals surface area contributed by atoms with Crippen LogP contribution in [0, 0.1) is 0 Å². The predicted octanol–water partition coefficient (Wildman–Crippen LogP) is 6.27. The first-order chi connectivity index (χ1) is 10.2.